The molecule has 4 nitrogen and oxygen atoms in total. The summed E-state index contributed by atoms with van der Waals surface area (Å²) in [5.41, 5.74) is 22.7. The molecule has 18 rings (SSSR count). The molecule has 394 valence electrons. The topological polar surface area (TPSA) is 22.3 Å². The van der Waals surface area contributed by atoms with Crippen LogP contribution in [0.3, 0.4) is 0 Å². The number of ether oxygens (including phenoxy) is 1. The number of fused-ring (bicyclic) bond motifs is 12. The molecule has 4 heterocycles. The maximum absolute atomic E-state index is 7.73. The number of nitrogens with zero attached hydrogens (tertiary/aromatic N) is 3. The lowest BCUT2D eigenvalue weighted by Gasteiger charge is -2.42. The van der Waals surface area contributed by atoms with Crippen molar-refractivity contribution in [1.29, 1.82) is 0 Å². The van der Waals surface area contributed by atoms with Crippen molar-refractivity contribution in [2.24, 2.45) is 0 Å². The molecule has 0 unspecified atom stereocenters. The summed E-state index contributed by atoms with van der Waals surface area (Å²) < 4.78 is 12.6. The van der Waals surface area contributed by atoms with E-state index in [0.29, 0.717) is 0 Å². The van der Waals surface area contributed by atoms with Crippen LogP contribution in [0.15, 0.2) is 303 Å². The van der Waals surface area contributed by atoms with Gasteiger partial charge in [0.25, 0.3) is 6.71 Å². The third-order valence-corrected chi connectivity index (χ3v) is 18.1. The Balaban J connectivity index is 0.983. The van der Waals surface area contributed by atoms with Crippen molar-refractivity contribution < 1.29 is 4.74 Å². The molecular weight excluding hydrogens is 1030 g/mol. The molecular formula is C80H50BN3O. The average Bonchev–Trinajstić information content (AvgIpc) is 1.86. The fourth-order valence-corrected chi connectivity index (χ4v) is 14.6. The standard InChI is InChI=1S/C80H50BN3O/c1-4-23-51(24-5-1)57-37-22-38-58(52-25-6-2-7-26-52)80(57)84-73-49-55(82-69-39-18-14-29-59(69)60-30-15-19-40-70(60)82)43-45-67(73)81-68-46-44-56(83-71-41-20-16-31-61(71)62-32-17-21-42-72(62)83)50-75(68)85-76-48-54(47-74(84)79(76)81)78-65-35-12-10-33-63(65)77(53-27-8-3-9-28-53)64-34-11-13-36-66(64)78/h1-50H. The summed E-state index contributed by atoms with van der Waals surface area (Å²) in [4.78, 5) is 2.61. The number of rotatable bonds is 7. The highest BCUT2D eigenvalue weighted by Crippen LogP contribution is 2.52. The molecule has 2 aromatic heterocycles. The molecule has 0 amide bonds. The maximum atomic E-state index is 7.73. The number of hydrogen-bond acceptors (Lipinski definition) is 2. The Labute approximate surface area is 492 Å². The molecule has 16 aromatic rings. The van der Waals surface area contributed by atoms with E-state index in [4.69, 9.17) is 4.74 Å². The van der Waals surface area contributed by atoms with Crippen molar-refractivity contribution >= 4 is 105 Å². The van der Waals surface area contributed by atoms with E-state index in [0.717, 1.165) is 101 Å². The van der Waals surface area contributed by atoms with Gasteiger partial charge in [0.05, 0.1) is 27.8 Å². The maximum Gasteiger partial charge on any atom is 0.256 e. The number of para-hydroxylation sites is 5. The minimum Gasteiger partial charge on any atom is -0.458 e. The van der Waals surface area contributed by atoms with Gasteiger partial charge in [-0.25, -0.2) is 0 Å². The van der Waals surface area contributed by atoms with Gasteiger partial charge in [0.2, 0.25) is 0 Å². The first kappa shape index (κ1) is 47.5. The van der Waals surface area contributed by atoms with Gasteiger partial charge in [0, 0.05) is 61.5 Å². The molecule has 0 saturated heterocycles. The highest BCUT2D eigenvalue weighted by molar-refractivity contribution is 6.99. The fraction of sp³-hybridized carbons (Fsp3) is 0. The van der Waals surface area contributed by atoms with Gasteiger partial charge in [0.1, 0.15) is 11.5 Å². The van der Waals surface area contributed by atoms with Crippen LogP contribution < -0.4 is 26.0 Å². The highest BCUT2D eigenvalue weighted by Gasteiger charge is 2.44. The second kappa shape index (κ2) is 18.7. The van der Waals surface area contributed by atoms with Gasteiger partial charge >= 0.3 is 0 Å². The van der Waals surface area contributed by atoms with E-state index in [2.05, 4.69) is 317 Å². The molecule has 0 radical (unpaired) electrons. The Kier molecular flexibility index (Phi) is 10.4. The smallest absolute Gasteiger partial charge is 0.256 e. The Morgan fingerprint density at radius 3 is 1.15 bits per heavy atom. The predicted octanol–water partition coefficient (Wildman–Crippen LogP) is 19.3. The van der Waals surface area contributed by atoms with Crippen molar-refractivity contribution in [3.05, 3.63) is 303 Å². The second-order valence-corrected chi connectivity index (χ2v) is 22.6. The zero-order valence-corrected chi connectivity index (χ0v) is 46.2. The third kappa shape index (κ3) is 7.11. The first-order chi connectivity index (χ1) is 42.2. The number of hydrogen-bond donors (Lipinski definition) is 0. The molecule has 0 fully saturated rings. The van der Waals surface area contributed by atoms with Gasteiger partial charge in [-0.15, -0.1) is 0 Å². The molecule has 2 aliphatic heterocycles. The Morgan fingerprint density at radius 1 is 0.271 bits per heavy atom. The summed E-state index contributed by atoms with van der Waals surface area (Å²) in [5.74, 6) is 1.68. The Morgan fingerprint density at radius 2 is 0.671 bits per heavy atom. The van der Waals surface area contributed by atoms with Gasteiger partial charge in [-0.3, -0.25) is 0 Å². The summed E-state index contributed by atoms with van der Waals surface area (Å²) in [5, 5.41) is 9.66. The molecule has 0 spiro atoms. The van der Waals surface area contributed by atoms with Crippen LogP contribution in [0.5, 0.6) is 11.5 Å². The van der Waals surface area contributed by atoms with Crippen LogP contribution in [0.4, 0.5) is 17.1 Å². The summed E-state index contributed by atoms with van der Waals surface area (Å²) in [6.45, 7) is -0.202. The zero-order valence-electron chi connectivity index (χ0n) is 46.2. The Bertz CT molecular complexity index is 5190. The number of anilines is 3. The lowest BCUT2D eigenvalue weighted by Crippen LogP contribution is -2.59. The van der Waals surface area contributed by atoms with Crippen molar-refractivity contribution in [1.82, 2.24) is 9.13 Å². The normalized spacial score (nSPS) is 12.5. The van der Waals surface area contributed by atoms with Crippen LogP contribution in [0.25, 0.3) is 121 Å². The summed E-state index contributed by atoms with van der Waals surface area (Å²) >= 11 is 0. The van der Waals surface area contributed by atoms with Gasteiger partial charge in [0.15, 0.2) is 0 Å². The van der Waals surface area contributed by atoms with Crippen LogP contribution >= 0.6 is 0 Å². The summed E-state index contributed by atoms with van der Waals surface area (Å²) in [7, 11) is 0. The van der Waals surface area contributed by atoms with Crippen LogP contribution in [-0.2, 0) is 0 Å². The van der Waals surface area contributed by atoms with Gasteiger partial charge in [-0.05, 0) is 126 Å². The minimum absolute atomic E-state index is 0.202. The van der Waals surface area contributed by atoms with Crippen molar-refractivity contribution in [3.63, 3.8) is 0 Å². The first-order valence-corrected chi connectivity index (χ1v) is 29.4. The molecule has 14 aromatic carbocycles. The van der Waals surface area contributed by atoms with Crippen LogP contribution in [0.1, 0.15) is 0 Å². The molecule has 0 bridgehead atoms. The monoisotopic (exact) mass is 1080 g/mol. The summed E-state index contributed by atoms with van der Waals surface area (Å²) in [6.07, 6.45) is 0. The van der Waals surface area contributed by atoms with Crippen LogP contribution in [0.2, 0.25) is 0 Å². The van der Waals surface area contributed by atoms with E-state index in [-0.39, 0.29) is 6.71 Å². The third-order valence-electron chi connectivity index (χ3n) is 18.1. The molecule has 2 aliphatic rings. The van der Waals surface area contributed by atoms with Crippen molar-refractivity contribution in [2.45, 2.75) is 0 Å². The average molecular weight is 1080 g/mol. The molecule has 0 aliphatic carbocycles. The highest BCUT2D eigenvalue weighted by atomic mass is 16.5. The van der Waals surface area contributed by atoms with Gasteiger partial charge < -0.3 is 18.8 Å². The zero-order chi connectivity index (χ0) is 55.7. The van der Waals surface area contributed by atoms with Gasteiger partial charge in [-0.1, -0.05) is 243 Å². The quantitative estimate of drug-likeness (QED) is 0.117. The van der Waals surface area contributed by atoms with E-state index in [1.165, 1.54) is 65.2 Å². The summed E-state index contributed by atoms with van der Waals surface area (Å²) in [6, 6.07) is 112. The van der Waals surface area contributed by atoms with E-state index in [1.807, 2.05) is 0 Å². The number of aromatic nitrogens is 2. The van der Waals surface area contributed by atoms with E-state index in [1.54, 1.807) is 0 Å². The molecule has 85 heavy (non-hydrogen) atoms. The molecule has 0 saturated carbocycles. The first-order valence-electron chi connectivity index (χ1n) is 29.4. The van der Waals surface area contributed by atoms with Gasteiger partial charge in [-0.2, -0.15) is 0 Å². The SMILES string of the molecule is c1ccc(-c2cccc(-c3ccccc3)c2N2c3cc(-n4c5ccccc5c5ccccc54)ccc3B3c4ccc(-n5c6ccccc6c6ccccc65)cc4Oc4cc(-c5c6ccccc6c(-c6ccccc6)c6ccccc56)cc2c43)cc1. The Hall–Kier alpha value is -11.1. The van der Waals surface area contributed by atoms with Crippen LogP contribution in [0, 0.1) is 0 Å². The lowest BCUT2D eigenvalue weighted by molar-refractivity contribution is 0.487. The predicted molar refractivity (Wildman–Crippen MR) is 358 cm³/mol. The van der Waals surface area contributed by atoms with E-state index >= 15 is 0 Å². The molecule has 5 heteroatoms. The molecule has 0 N–H and O–H groups in total. The minimum atomic E-state index is -0.202. The van der Waals surface area contributed by atoms with Crippen LogP contribution in [-0.4, -0.2) is 15.8 Å². The molecule has 0 atom stereocenters. The van der Waals surface area contributed by atoms with E-state index < -0.39 is 0 Å². The second-order valence-electron chi connectivity index (χ2n) is 22.6. The van der Waals surface area contributed by atoms with Crippen molar-refractivity contribution in [3.8, 4) is 67.4 Å². The van der Waals surface area contributed by atoms with Crippen molar-refractivity contribution in [2.75, 3.05) is 4.90 Å². The largest absolute Gasteiger partial charge is 0.458 e. The van der Waals surface area contributed by atoms with E-state index in [9.17, 15) is 0 Å². The fourth-order valence-electron chi connectivity index (χ4n) is 14.6. The number of benzene rings is 14. The lowest BCUT2D eigenvalue weighted by atomic mass is 9.34.